The fraction of sp³-hybridized carbons (Fsp3) is 0.360. The van der Waals surface area contributed by atoms with Crippen molar-refractivity contribution in [3.8, 4) is 6.07 Å². The fourth-order valence-corrected chi connectivity index (χ4v) is 6.84. The third-order valence-electron chi connectivity index (χ3n) is 6.90. The van der Waals surface area contributed by atoms with E-state index in [-0.39, 0.29) is 10.5 Å². The number of hydrogen-bond acceptors (Lipinski definition) is 4. The lowest BCUT2D eigenvalue weighted by Crippen LogP contribution is -2.28. The van der Waals surface area contributed by atoms with E-state index >= 15 is 0 Å². The fourth-order valence-electron chi connectivity index (χ4n) is 5.05. The van der Waals surface area contributed by atoms with Gasteiger partial charge in [-0.15, -0.1) is 0 Å². The van der Waals surface area contributed by atoms with E-state index in [1.54, 1.807) is 37.4 Å². The van der Waals surface area contributed by atoms with Crippen LogP contribution in [-0.4, -0.2) is 24.3 Å². The standard InChI is InChI=1S/C25H25N3O3S/c1-16-15-27-25(29)21-6-3-7-23(24(16)21)32(30,31)28-9-8-20-12-18(10-17-4-2-5-17)11-19(14-26)13-22(20)28/h3,6-7,11,13,15,17H,2,4-5,8-10,12H2,1H3,(H,27,29). The molecule has 0 bridgehead atoms. The lowest BCUT2D eigenvalue weighted by atomic mass is 9.79. The maximum atomic E-state index is 13.8. The average molecular weight is 448 g/mol. The highest BCUT2D eigenvalue weighted by atomic mass is 32.2. The number of rotatable bonds is 4. The van der Waals surface area contributed by atoms with Crippen LogP contribution < -0.4 is 5.56 Å². The second-order valence-corrected chi connectivity index (χ2v) is 10.8. The number of nitrogens with zero attached hydrogens (tertiary/aromatic N) is 2. The highest BCUT2D eigenvalue weighted by Crippen LogP contribution is 2.41. The number of allylic oxidation sites excluding steroid dienone is 4. The second-order valence-electron chi connectivity index (χ2n) is 8.99. The van der Waals surface area contributed by atoms with E-state index in [2.05, 4.69) is 11.1 Å². The molecule has 3 aliphatic rings. The Bertz CT molecular complexity index is 1420. The van der Waals surface area contributed by atoms with Crippen LogP contribution >= 0.6 is 0 Å². The minimum Gasteiger partial charge on any atom is -0.328 e. The Morgan fingerprint density at radius 1 is 1.25 bits per heavy atom. The maximum Gasteiger partial charge on any atom is 0.264 e. The molecule has 0 spiro atoms. The maximum absolute atomic E-state index is 13.8. The third-order valence-corrected chi connectivity index (χ3v) is 8.75. The van der Waals surface area contributed by atoms with Crippen molar-refractivity contribution >= 4 is 20.8 Å². The second kappa shape index (κ2) is 7.79. The Morgan fingerprint density at radius 3 is 2.78 bits per heavy atom. The van der Waals surface area contributed by atoms with Gasteiger partial charge in [0.1, 0.15) is 0 Å². The molecule has 0 unspecified atom stereocenters. The van der Waals surface area contributed by atoms with Crippen LogP contribution in [0.2, 0.25) is 0 Å². The molecular formula is C25H25N3O3S. The van der Waals surface area contributed by atoms with Gasteiger partial charge in [-0.2, -0.15) is 5.26 Å². The van der Waals surface area contributed by atoms with Gasteiger partial charge < -0.3 is 4.98 Å². The van der Waals surface area contributed by atoms with Crippen molar-refractivity contribution < 1.29 is 8.42 Å². The van der Waals surface area contributed by atoms with E-state index in [1.165, 1.54) is 29.1 Å². The van der Waals surface area contributed by atoms with E-state index in [0.717, 1.165) is 12.0 Å². The summed E-state index contributed by atoms with van der Waals surface area (Å²) in [6.07, 6.45) is 11.3. The van der Waals surface area contributed by atoms with Gasteiger partial charge in [-0.3, -0.25) is 9.10 Å². The van der Waals surface area contributed by atoms with Crippen LogP contribution in [0.1, 0.15) is 44.1 Å². The normalized spacial score (nSPS) is 19.2. The number of pyridine rings is 1. The summed E-state index contributed by atoms with van der Waals surface area (Å²) in [6.45, 7) is 2.14. The number of sulfonamides is 1. The predicted octanol–water partition coefficient (Wildman–Crippen LogP) is 4.46. The zero-order valence-electron chi connectivity index (χ0n) is 18.0. The van der Waals surface area contributed by atoms with Crippen molar-refractivity contribution in [3.05, 3.63) is 74.9 Å². The number of H-pyrrole nitrogens is 1. The first-order valence-electron chi connectivity index (χ1n) is 11.1. The van der Waals surface area contributed by atoms with E-state index < -0.39 is 10.0 Å². The first-order chi connectivity index (χ1) is 15.4. The molecule has 1 saturated carbocycles. The van der Waals surface area contributed by atoms with Crippen molar-refractivity contribution in [1.82, 2.24) is 9.29 Å². The smallest absolute Gasteiger partial charge is 0.264 e. The third kappa shape index (κ3) is 3.39. The van der Waals surface area contributed by atoms with Crippen LogP contribution in [0, 0.1) is 24.2 Å². The van der Waals surface area contributed by atoms with Gasteiger partial charge in [-0.05, 0) is 67.5 Å². The lowest BCUT2D eigenvalue weighted by molar-refractivity contribution is 0.312. The largest absolute Gasteiger partial charge is 0.328 e. The van der Waals surface area contributed by atoms with Crippen molar-refractivity contribution in [3.63, 3.8) is 0 Å². The predicted molar refractivity (Wildman–Crippen MR) is 123 cm³/mol. The molecule has 32 heavy (non-hydrogen) atoms. The molecule has 6 nitrogen and oxygen atoms in total. The van der Waals surface area contributed by atoms with Crippen LogP contribution in [0.3, 0.4) is 0 Å². The van der Waals surface area contributed by atoms with Gasteiger partial charge in [-0.25, -0.2) is 8.42 Å². The molecule has 0 atom stereocenters. The molecule has 1 N–H and O–H groups in total. The topological polar surface area (TPSA) is 94.0 Å². The summed E-state index contributed by atoms with van der Waals surface area (Å²) >= 11 is 0. The summed E-state index contributed by atoms with van der Waals surface area (Å²) < 4.78 is 29.1. The summed E-state index contributed by atoms with van der Waals surface area (Å²) in [5, 5.41) is 10.5. The van der Waals surface area contributed by atoms with E-state index in [4.69, 9.17) is 0 Å². The van der Waals surface area contributed by atoms with Gasteiger partial charge >= 0.3 is 0 Å². The number of aromatic nitrogens is 1. The Balaban J connectivity index is 1.58. The zero-order valence-corrected chi connectivity index (χ0v) is 18.8. The van der Waals surface area contributed by atoms with Gasteiger partial charge in [0.05, 0.1) is 22.2 Å². The molecule has 2 aromatic rings. The molecule has 164 valence electrons. The molecule has 2 aliphatic carbocycles. The summed E-state index contributed by atoms with van der Waals surface area (Å²) in [4.78, 5) is 15.1. The number of hydrogen-bond donors (Lipinski definition) is 1. The molecule has 1 aromatic heterocycles. The number of fused-ring (bicyclic) bond motifs is 1. The van der Waals surface area contributed by atoms with Crippen molar-refractivity contribution in [2.24, 2.45) is 5.92 Å². The van der Waals surface area contributed by atoms with E-state index in [1.807, 2.05) is 6.08 Å². The summed E-state index contributed by atoms with van der Waals surface area (Å²) in [5.74, 6) is 0.682. The Hall–Kier alpha value is -3.11. The van der Waals surface area contributed by atoms with Gasteiger partial charge in [-0.1, -0.05) is 30.9 Å². The Morgan fingerprint density at radius 2 is 2.06 bits per heavy atom. The molecule has 1 fully saturated rings. The minimum atomic E-state index is -3.91. The number of nitrogens with one attached hydrogen (secondary N) is 1. The van der Waals surface area contributed by atoms with Crippen LogP contribution in [0.4, 0.5) is 0 Å². The summed E-state index contributed by atoms with van der Waals surface area (Å²) in [6, 6.07) is 7.05. The molecule has 0 saturated heterocycles. The van der Waals surface area contributed by atoms with E-state index in [9.17, 15) is 18.5 Å². The van der Waals surface area contributed by atoms with Gasteiger partial charge in [0, 0.05) is 23.5 Å². The van der Waals surface area contributed by atoms with Gasteiger partial charge in [0.15, 0.2) is 0 Å². The van der Waals surface area contributed by atoms with Crippen LogP contribution in [0.25, 0.3) is 10.8 Å². The molecule has 2 heterocycles. The number of nitriles is 1. The van der Waals surface area contributed by atoms with Crippen molar-refractivity contribution in [2.45, 2.75) is 50.3 Å². The van der Waals surface area contributed by atoms with Gasteiger partial charge in [0.25, 0.3) is 15.6 Å². The van der Waals surface area contributed by atoms with Crippen molar-refractivity contribution in [2.75, 3.05) is 6.54 Å². The lowest BCUT2D eigenvalue weighted by Gasteiger charge is -2.26. The molecule has 1 aliphatic heterocycles. The summed E-state index contributed by atoms with van der Waals surface area (Å²) in [7, 11) is -3.91. The van der Waals surface area contributed by atoms with Crippen LogP contribution in [0.15, 0.2) is 68.7 Å². The molecular weight excluding hydrogens is 422 g/mol. The first kappa shape index (κ1) is 20.8. The molecule has 0 amide bonds. The average Bonchev–Trinajstić information content (AvgIpc) is 3.06. The first-order valence-corrected chi connectivity index (χ1v) is 12.5. The number of aryl methyl sites for hydroxylation is 1. The Labute approximate surface area is 187 Å². The van der Waals surface area contributed by atoms with E-state index in [0.29, 0.717) is 52.9 Å². The highest BCUT2D eigenvalue weighted by Gasteiger charge is 2.35. The molecule has 1 aromatic carbocycles. The number of benzene rings is 1. The molecule has 0 radical (unpaired) electrons. The van der Waals surface area contributed by atoms with Crippen LogP contribution in [0.5, 0.6) is 0 Å². The highest BCUT2D eigenvalue weighted by molar-refractivity contribution is 7.89. The summed E-state index contributed by atoms with van der Waals surface area (Å²) in [5.41, 5.74) is 3.79. The SMILES string of the molecule is Cc1c[nH]c(=O)c2cccc(S(=O)(=O)N3CCC4=C3C=C(C#N)C=C(CC3CCC3)C4)c12. The number of aromatic amines is 1. The zero-order chi connectivity index (χ0) is 22.5. The van der Waals surface area contributed by atoms with Crippen LogP contribution in [-0.2, 0) is 10.0 Å². The van der Waals surface area contributed by atoms with Gasteiger partial charge in [0.2, 0.25) is 0 Å². The minimum absolute atomic E-state index is 0.131. The monoisotopic (exact) mass is 447 g/mol. The molecule has 5 rings (SSSR count). The Kier molecular flexibility index (Phi) is 5.06. The molecule has 7 heteroatoms. The quantitative estimate of drug-likeness (QED) is 0.749. The van der Waals surface area contributed by atoms with Crippen molar-refractivity contribution in [1.29, 1.82) is 5.26 Å².